The van der Waals surface area contributed by atoms with Gasteiger partial charge in [-0.05, 0) is 61.0 Å². The van der Waals surface area contributed by atoms with E-state index in [-0.39, 0.29) is 24.3 Å². The molecule has 0 atom stereocenters. The van der Waals surface area contributed by atoms with Crippen LogP contribution in [-0.2, 0) is 9.59 Å². The number of rotatable bonds is 9. The summed E-state index contributed by atoms with van der Waals surface area (Å²) in [6.45, 7) is 2.01. The van der Waals surface area contributed by atoms with Gasteiger partial charge in [-0.3, -0.25) is 14.4 Å². The molecular weight excluding hydrogens is 416 g/mol. The topological polar surface area (TPSA) is 90.5 Å². The van der Waals surface area contributed by atoms with Crippen molar-refractivity contribution in [2.45, 2.75) is 19.8 Å². The van der Waals surface area contributed by atoms with Crippen LogP contribution in [0.15, 0.2) is 78.9 Å². The summed E-state index contributed by atoms with van der Waals surface area (Å²) in [5.74, 6) is -0.396. The Morgan fingerprint density at radius 3 is 2.12 bits per heavy atom. The van der Waals surface area contributed by atoms with Crippen LogP contribution < -0.4 is 20.9 Å². The molecular formula is C26H28N4O3. The number of nitrogens with one attached hydrogen (secondary N) is 3. The number of anilines is 4. The van der Waals surface area contributed by atoms with Gasteiger partial charge in [-0.1, -0.05) is 31.2 Å². The van der Waals surface area contributed by atoms with E-state index in [1.165, 1.54) is 0 Å². The molecule has 3 rings (SSSR count). The molecule has 33 heavy (non-hydrogen) atoms. The predicted octanol–water partition coefficient (Wildman–Crippen LogP) is 4.75. The monoisotopic (exact) mass is 444 g/mol. The van der Waals surface area contributed by atoms with E-state index in [1.807, 2.05) is 49.4 Å². The average Bonchev–Trinajstić information content (AvgIpc) is 2.83. The highest BCUT2D eigenvalue weighted by Crippen LogP contribution is 2.18. The Bertz CT molecular complexity index is 1100. The molecule has 0 saturated carbocycles. The van der Waals surface area contributed by atoms with Gasteiger partial charge in [0, 0.05) is 41.8 Å². The van der Waals surface area contributed by atoms with E-state index in [4.69, 9.17) is 0 Å². The lowest BCUT2D eigenvalue weighted by Crippen LogP contribution is -2.26. The second-order valence-corrected chi connectivity index (χ2v) is 7.56. The molecule has 0 spiro atoms. The summed E-state index contributed by atoms with van der Waals surface area (Å²) in [7, 11) is 1.73. The molecule has 0 radical (unpaired) electrons. The summed E-state index contributed by atoms with van der Waals surface area (Å²) in [6, 6.07) is 23.4. The van der Waals surface area contributed by atoms with Gasteiger partial charge >= 0.3 is 0 Å². The third-order valence-corrected chi connectivity index (χ3v) is 4.94. The molecule has 0 aliphatic heterocycles. The molecule has 3 amide bonds. The molecule has 0 saturated heterocycles. The Morgan fingerprint density at radius 2 is 1.42 bits per heavy atom. The molecule has 3 aromatic rings. The van der Waals surface area contributed by atoms with Gasteiger partial charge in [0.05, 0.1) is 6.54 Å². The van der Waals surface area contributed by atoms with Gasteiger partial charge in [-0.25, -0.2) is 0 Å². The number of carbonyl (C=O) groups is 3. The van der Waals surface area contributed by atoms with Crippen molar-refractivity contribution in [1.82, 2.24) is 0 Å². The van der Waals surface area contributed by atoms with Crippen LogP contribution in [0.3, 0.4) is 0 Å². The van der Waals surface area contributed by atoms with Crippen LogP contribution in [0, 0.1) is 0 Å². The molecule has 0 aliphatic rings. The number of para-hydroxylation sites is 1. The highest BCUT2D eigenvalue weighted by Gasteiger charge is 2.13. The predicted molar refractivity (Wildman–Crippen MR) is 133 cm³/mol. The summed E-state index contributed by atoms with van der Waals surface area (Å²) in [5, 5.41) is 8.69. The maximum Gasteiger partial charge on any atom is 0.258 e. The van der Waals surface area contributed by atoms with E-state index in [2.05, 4.69) is 16.0 Å². The summed E-state index contributed by atoms with van der Waals surface area (Å²) < 4.78 is 0. The first-order chi connectivity index (χ1) is 16.0. The van der Waals surface area contributed by atoms with Gasteiger partial charge in [0.2, 0.25) is 11.8 Å². The first-order valence-electron chi connectivity index (χ1n) is 10.8. The molecule has 0 fully saturated rings. The minimum Gasteiger partial charge on any atom is -0.376 e. The Kier molecular flexibility index (Phi) is 8.18. The largest absolute Gasteiger partial charge is 0.376 e. The normalized spacial score (nSPS) is 10.2. The second-order valence-electron chi connectivity index (χ2n) is 7.56. The van der Waals surface area contributed by atoms with E-state index >= 15 is 0 Å². The van der Waals surface area contributed by atoms with E-state index in [0.717, 1.165) is 17.8 Å². The quantitative estimate of drug-likeness (QED) is 0.444. The van der Waals surface area contributed by atoms with Crippen molar-refractivity contribution in [2.24, 2.45) is 0 Å². The highest BCUT2D eigenvalue weighted by molar-refractivity contribution is 6.06. The van der Waals surface area contributed by atoms with Gasteiger partial charge in [-0.2, -0.15) is 0 Å². The molecule has 0 bridgehead atoms. The number of benzene rings is 3. The Balaban J connectivity index is 1.52. The van der Waals surface area contributed by atoms with Crippen molar-refractivity contribution in [1.29, 1.82) is 0 Å². The van der Waals surface area contributed by atoms with Gasteiger partial charge in [0.1, 0.15) is 0 Å². The maximum atomic E-state index is 12.7. The summed E-state index contributed by atoms with van der Waals surface area (Å²) in [4.78, 5) is 38.3. The zero-order valence-corrected chi connectivity index (χ0v) is 18.8. The van der Waals surface area contributed by atoms with Crippen LogP contribution in [0.25, 0.3) is 0 Å². The molecule has 0 unspecified atom stereocenters. The lowest BCUT2D eigenvalue weighted by atomic mass is 10.1. The standard InChI is InChI=1S/C26H28N4O3/c1-3-8-24(31)29-22-10-7-9-21(17-22)27-18-25(32)28-20-15-13-19(14-16-20)26(33)30(2)23-11-5-4-6-12-23/h4-7,9-17,27H,3,8,18H2,1-2H3,(H,28,32)(H,29,31). The van der Waals surface area contributed by atoms with Crippen LogP contribution in [-0.4, -0.2) is 31.3 Å². The fraction of sp³-hybridized carbons (Fsp3) is 0.192. The average molecular weight is 445 g/mol. The van der Waals surface area contributed by atoms with E-state index < -0.39 is 0 Å². The highest BCUT2D eigenvalue weighted by atomic mass is 16.2. The maximum absolute atomic E-state index is 12.7. The van der Waals surface area contributed by atoms with Crippen LogP contribution >= 0.6 is 0 Å². The van der Waals surface area contributed by atoms with Crippen molar-refractivity contribution in [2.75, 3.05) is 34.4 Å². The molecule has 3 N–H and O–H groups in total. The minimum absolute atomic E-state index is 0.0377. The van der Waals surface area contributed by atoms with Crippen molar-refractivity contribution < 1.29 is 14.4 Å². The minimum atomic E-state index is -0.226. The lowest BCUT2D eigenvalue weighted by molar-refractivity contribution is -0.116. The Morgan fingerprint density at radius 1 is 0.758 bits per heavy atom. The van der Waals surface area contributed by atoms with Crippen LogP contribution in [0.5, 0.6) is 0 Å². The van der Waals surface area contributed by atoms with Crippen molar-refractivity contribution in [3.05, 3.63) is 84.4 Å². The summed E-state index contributed by atoms with van der Waals surface area (Å²) in [6.07, 6.45) is 1.25. The Hall–Kier alpha value is -4.13. The van der Waals surface area contributed by atoms with E-state index in [0.29, 0.717) is 23.4 Å². The molecule has 0 heterocycles. The first kappa shape index (κ1) is 23.5. The van der Waals surface area contributed by atoms with E-state index in [1.54, 1.807) is 48.3 Å². The zero-order valence-electron chi connectivity index (χ0n) is 18.8. The summed E-state index contributed by atoms with van der Waals surface area (Å²) in [5.41, 5.74) is 3.34. The van der Waals surface area contributed by atoms with Crippen LogP contribution in [0.4, 0.5) is 22.7 Å². The molecule has 7 nitrogen and oxygen atoms in total. The van der Waals surface area contributed by atoms with Crippen LogP contribution in [0.1, 0.15) is 30.1 Å². The van der Waals surface area contributed by atoms with Gasteiger partial charge < -0.3 is 20.9 Å². The number of carbonyl (C=O) groups excluding carboxylic acids is 3. The zero-order chi connectivity index (χ0) is 23.6. The molecule has 0 aliphatic carbocycles. The second kappa shape index (κ2) is 11.5. The van der Waals surface area contributed by atoms with E-state index in [9.17, 15) is 14.4 Å². The molecule has 170 valence electrons. The third-order valence-electron chi connectivity index (χ3n) is 4.94. The Labute approximate surface area is 193 Å². The molecule has 7 heteroatoms. The van der Waals surface area contributed by atoms with Crippen molar-refractivity contribution >= 4 is 40.5 Å². The van der Waals surface area contributed by atoms with Crippen molar-refractivity contribution in [3.63, 3.8) is 0 Å². The first-order valence-corrected chi connectivity index (χ1v) is 10.8. The number of nitrogens with zero attached hydrogens (tertiary/aromatic N) is 1. The van der Waals surface area contributed by atoms with Crippen LogP contribution in [0.2, 0.25) is 0 Å². The van der Waals surface area contributed by atoms with Gasteiger partial charge in [-0.15, -0.1) is 0 Å². The fourth-order valence-electron chi connectivity index (χ4n) is 3.20. The number of hydrogen-bond donors (Lipinski definition) is 3. The summed E-state index contributed by atoms with van der Waals surface area (Å²) >= 11 is 0. The lowest BCUT2D eigenvalue weighted by Gasteiger charge is -2.17. The van der Waals surface area contributed by atoms with Crippen molar-refractivity contribution in [3.8, 4) is 0 Å². The number of amides is 3. The van der Waals surface area contributed by atoms with Gasteiger partial charge in [0.25, 0.3) is 5.91 Å². The SMILES string of the molecule is CCCC(=O)Nc1cccc(NCC(=O)Nc2ccc(C(=O)N(C)c3ccccc3)cc2)c1. The third kappa shape index (κ3) is 6.93. The molecule has 0 aromatic heterocycles. The molecule has 3 aromatic carbocycles. The van der Waals surface area contributed by atoms with Gasteiger partial charge in [0.15, 0.2) is 0 Å². The smallest absolute Gasteiger partial charge is 0.258 e. The fourth-order valence-corrected chi connectivity index (χ4v) is 3.20. The number of hydrogen-bond acceptors (Lipinski definition) is 4.